The van der Waals surface area contributed by atoms with Crippen LogP contribution in [0.2, 0.25) is 11.1 Å². The summed E-state index contributed by atoms with van der Waals surface area (Å²) in [7, 11) is -2.76. The molecular weight excluding hydrogens is 1040 g/mol. The standard InChI is InChI=1S/C76H82F2O4Si/c1-47(2)83(48(3)4,45-81-67-33-31-55(77)41-61(67)63-37-53(75(11,12)43-73(5,6)7)39-65(71(63)79)69-57-27-19-15-23-49(57)35-50-24-16-20-28-58(50)69)46-82-68-34-32-56(78)42-62(68)64-38-54(76(13,14)44-74(8,9)10)40-66(72(64)80)70-59-29-21-17-25-51(59)36-52-26-18-22-30-60(52)70/h15-42,47-48,79-80H,43-46H2,1-14H3. The van der Waals surface area contributed by atoms with Crippen LogP contribution in [0, 0.1) is 22.5 Å². The van der Waals surface area contributed by atoms with Gasteiger partial charge in [0.15, 0.2) is 0 Å². The molecule has 0 saturated carbocycles. The largest absolute Gasteiger partial charge is 0.507 e. The minimum atomic E-state index is -2.76. The predicted octanol–water partition coefficient (Wildman–Crippen LogP) is 21.9. The van der Waals surface area contributed by atoms with Crippen LogP contribution >= 0.6 is 0 Å². The highest BCUT2D eigenvalue weighted by atomic mass is 28.3. The van der Waals surface area contributed by atoms with Crippen LogP contribution in [0.5, 0.6) is 23.0 Å². The first kappa shape index (κ1) is 58.7. The second-order valence-electron chi connectivity index (χ2n) is 27.9. The maximum Gasteiger partial charge on any atom is 0.146 e. The second kappa shape index (κ2) is 22.3. The maximum atomic E-state index is 16.1. The highest BCUT2D eigenvalue weighted by Gasteiger charge is 2.43. The number of fused-ring (bicyclic) bond motifs is 4. The third-order valence-corrected chi connectivity index (χ3v) is 23.5. The van der Waals surface area contributed by atoms with Crippen molar-refractivity contribution >= 4 is 51.2 Å². The van der Waals surface area contributed by atoms with E-state index in [2.05, 4.69) is 170 Å². The van der Waals surface area contributed by atoms with Crippen LogP contribution in [0.3, 0.4) is 0 Å². The molecule has 0 aliphatic rings. The number of halogens is 2. The van der Waals surface area contributed by atoms with Crippen molar-refractivity contribution in [3.63, 3.8) is 0 Å². The summed E-state index contributed by atoms with van der Waals surface area (Å²) in [5.41, 5.74) is 6.59. The van der Waals surface area contributed by atoms with Gasteiger partial charge in [0.25, 0.3) is 0 Å². The average Bonchev–Trinajstić information content (AvgIpc) is 1.93. The third kappa shape index (κ3) is 11.8. The van der Waals surface area contributed by atoms with Crippen LogP contribution in [0.4, 0.5) is 8.78 Å². The van der Waals surface area contributed by atoms with Gasteiger partial charge in [0.1, 0.15) is 42.7 Å². The SMILES string of the molecule is CC(C)[Si](COc1ccc(F)cc1-c1cc(C(C)(C)CC(C)(C)C)cc(-c2c3ccccc3cc3ccccc23)c1O)(COc1ccc(F)cc1-c1cc(C(C)(C)CC(C)(C)C)cc(-c2c3ccccc3cc3ccccc23)c1O)C(C)C. The predicted molar refractivity (Wildman–Crippen MR) is 349 cm³/mol. The van der Waals surface area contributed by atoms with Crippen LogP contribution in [0.25, 0.3) is 87.6 Å². The van der Waals surface area contributed by atoms with Gasteiger partial charge >= 0.3 is 0 Å². The van der Waals surface area contributed by atoms with Crippen molar-refractivity contribution in [1.82, 2.24) is 0 Å². The lowest BCUT2D eigenvalue weighted by molar-refractivity contribution is 0.283. The smallest absolute Gasteiger partial charge is 0.146 e. The van der Waals surface area contributed by atoms with E-state index in [1.54, 1.807) is 12.1 Å². The fourth-order valence-electron chi connectivity index (χ4n) is 13.8. The molecule has 0 aliphatic carbocycles. The van der Waals surface area contributed by atoms with Crippen molar-refractivity contribution in [2.75, 3.05) is 12.5 Å². The van der Waals surface area contributed by atoms with Gasteiger partial charge in [0.05, 0.1) is 12.5 Å². The van der Waals surface area contributed by atoms with Crippen molar-refractivity contribution < 1.29 is 28.5 Å². The first-order valence-electron chi connectivity index (χ1n) is 29.6. The molecule has 4 nitrogen and oxygen atoms in total. The highest BCUT2D eigenvalue weighted by Crippen LogP contribution is 2.52. The van der Waals surface area contributed by atoms with E-state index in [0.717, 1.165) is 78.2 Å². The molecule has 0 spiro atoms. The molecule has 0 heterocycles. The summed E-state index contributed by atoms with van der Waals surface area (Å²) in [5.74, 6) is 0.109. The van der Waals surface area contributed by atoms with Gasteiger partial charge in [-0.15, -0.1) is 0 Å². The molecule has 2 N–H and O–H groups in total. The number of ether oxygens (including phenoxy) is 2. The Balaban J connectivity index is 1.08. The van der Waals surface area contributed by atoms with E-state index in [9.17, 15) is 10.2 Å². The number of hydrogen-bond acceptors (Lipinski definition) is 4. The number of phenols is 2. The zero-order chi connectivity index (χ0) is 59.6. The number of aromatic hydroxyl groups is 2. The molecule has 0 aliphatic heterocycles. The van der Waals surface area contributed by atoms with Gasteiger partial charge < -0.3 is 19.7 Å². The molecule has 0 bridgehead atoms. The van der Waals surface area contributed by atoms with Crippen LogP contribution < -0.4 is 9.47 Å². The van der Waals surface area contributed by atoms with E-state index in [0.29, 0.717) is 57.3 Å². The topological polar surface area (TPSA) is 58.9 Å². The minimum Gasteiger partial charge on any atom is -0.507 e. The lowest BCUT2D eigenvalue weighted by atomic mass is 9.71. The molecule has 7 heteroatoms. The maximum absolute atomic E-state index is 16.1. The van der Waals surface area contributed by atoms with Gasteiger partial charge in [-0.3, -0.25) is 0 Å². The minimum absolute atomic E-state index is 0.0252. The van der Waals surface area contributed by atoms with Crippen molar-refractivity contribution in [3.8, 4) is 67.5 Å². The Hall–Kier alpha value is -7.48. The molecule has 428 valence electrons. The Bertz CT molecular complexity index is 3710. The molecule has 0 fully saturated rings. The van der Waals surface area contributed by atoms with Gasteiger partial charge in [-0.05, 0) is 173 Å². The van der Waals surface area contributed by atoms with Crippen molar-refractivity contribution in [3.05, 3.63) is 193 Å². The van der Waals surface area contributed by atoms with E-state index in [4.69, 9.17) is 9.47 Å². The quantitative estimate of drug-likeness (QED) is 0.0748. The molecular formula is C76H82F2O4Si. The number of phenolic OH excluding ortho intramolecular Hbond substituents is 2. The lowest BCUT2D eigenvalue weighted by Gasteiger charge is -2.38. The van der Waals surface area contributed by atoms with E-state index in [1.807, 2.05) is 60.7 Å². The highest BCUT2D eigenvalue weighted by molar-refractivity contribution is 6.82. The molecule has 0 amide bonds. The number of hydrogen-bond donors (Lipinski definition) is 2. The summed E-state index contributed by atoms with van der Waals surface area (Å²) in [6, 6.07) is 55.1. The lowest BCUT2D eigenvalue weighted by Crippen LogP contribution is -2.53. The van der Waals surface area contributed by atoms with Gasteiger partial charge in [0, 0.05) is 44.5 Å². The number of benzene rings is 10. The Morgan fingerprint density at radius 1 is 0.386 bits per heavy atom. The Kier molecular flexibility index (Phi) is 15.7. The normalized spacial score (nSPS) is 12.8. The first-order chi connectivity index (χ1) is 39.1. The number of rotatable bonds is 16. The van der Waals surface area contributed by atoms with Crippen molar-refractivity contribution in [2.45, 2.75) is 132 Å². The van der Waals surface area contributed by atoms with Gasteiger partial charge in [-0.2, -0.15) is 0 Å². The molecule has 10 aromatic rings. The monoisotopic (exact) mass is 1120 g/mol. The van der Waals surface area contributed by atoms with E-state index in [-0.39, 0.29) is 44.2 Å². The molecule has 0 radical (unpaired) electrons. The summed E-state index contributed by atoms with van der Waals surface area (Å²) < 4.78 is 46.4. The van der Waals surface area contributed by atoms with Gasteiger partial charge in [-0.25, -0.2) is 8.78 Å². The fraction of sp³-hybridized carbons (Fsp3) is 0.316. The van der Waals surface area contributed by atoms with E-state index < -0.39 is 19.7 Å². The molecule has 0 unspecified atom stereocenters. The zero-order valence-electron chi connectivity index (χ0n) is 51.1. The summed E-state index contributed by atoms with van der Waals surface area (Å²) in [6.45, 7) is 31.3. The summed E-state index contributed by atoms with van der Waals surface area (Å²) in [5, 5.41) is 34.2. The Labute approximate surface area is 492 Å². The van der Waals surface area contributed by atoms with Gasteiger partial charge in [-0.1, -0.05) is 194 Å². The third-order valence-electron chi connectivity index (χ3n) is 17.6. The molecule has 0 atom stereocenters. The summed E-state index contributed by atoms with van der Waals surface area (Å²) >= 11 is 0. The first-order valence-corrected chi connectivity index (χ1v) is 32.1. The second-order valence-corrected chi connectivity index (χ2v) is 33.2. The molecule has 0 saturated heterocycles. The summed E-state index contributed by atoms with van der Waals surface area (Å²) in [6.07, 6.45) is 2.30. The van der Waals surface area contributed by atoms with Gasteiger partial charge in [0.2, 0.25) is 0 Å². The van der Waals surface area contributed by atoms with Crippen LogP contribution in [-0.4, -0.2) is 30.7 Å². The molecule has 10 rings (SSSR count). The summed E-state index contributed by atoms with van der Waals surface area (Å²) in [4.78, 5) is 0. The van der Waals surface area contributed by atoms with Crippen molar-refractivity contribution in [2.24, 2.45) is 10.8 Å². The molecule has 10 aromatic carbocycles. The zero-order valence-corrected chi connectivity index (χ0v) is 52.1. The molecule has 83 heavy (non-hydrogen) atoms. The molecule has 0 aromatic heterocycles. The Morgan fingerprint density at radius 2 is 0.687 bits per heavy atom. The van der Waals surface area contributed by atoms with E-state index in [1.165, 1.54) is 24.3 Å². The van der Waals surface area contributed by atoms with Crippen molar-refractivity contribution in [1.29, 1.82) is 0 Å². The van der Waals surface area contributed by atoms with E-state index >= 15 is 8.78 Å². The van der Waals surface area contributed by atoms with Crippen LogP contribution in [0.15, 0.2) is 170 Å². The van der Waals surface area contributed by atoms with Crippen LogP contribution in [-0.2, 0) is 10.8 Å². The Morgan fingerprint density at radius 3 is 0.988 bits per heavy atom. The average molecular weight is 1130 g/mol. The van der Waals surface area contributed by atoms with Crippen LogP contribution in [0.1, 0.15) is 121 Å². The fourth-order valence-corrected chi connectivity index (χ4v) is 17.4.